The summed E-state index contributed by atoms with van der Waals surface area (Å²) in [6.45, 7) is 0. The van der Waals surface area contributed by atoms with Crippen LogP contribution in [0.25, 0.3) is 0 Å². The van der Waals surface area contributed by atoms with E-state index in [-0.39, 0.29) is 5.78 Å². The second-order valence-corrected chi connectivity index (χ2v) is 9.34. The molecule has 0 unspecified atom stereocenters. The molecule has 0 atom stereocenters. The second kappa shape index (κ2) is 6.07. The van der Waals surface area contributed by atoms with Gasteiger partial charge in [0.25, 0.3) is 0 Å². The number of ketones is 1. The van der Waals surface area contributed by atoms with E-state index in [9.17, 15) is 4.79 Å². The number of hydrogen-bond donors (Lipinski definition) is 0. The topological polar surface area (TPSA) is 26.3 Å². The van der Waals surface area contributed by atoms with Crippen molar-refractivity contribution in [1.82, 2.24) is 0 Å². The third kappa shape index (κ3) is 3.27. The molecule has 98 valence electrons. The van der Waals surface area contributed by atoms with Crippen molar-refractivity contribution in [3.63, 3.8) is 0 Å². The number of rotatable bonds is 4. The molecule has 0 saturated heterocycles. The summed E-state index contributed by atoms with van der Waals surface area (Å²) in [7, 11) is 1.62. The van der Waals surface area contributed by atoms with Gasteiger partial charge in [0.15, 0.2) is 0 Å². The summed E-state index contributed by atoms with van der Waals surface area (Å²) >= 11 is -0.857. The molecule has 2 aromatic carbocycles. The van der Waals surface area contributed by atoms with Crippen molar-refractivity contribution < 1.29 is 9.53 Å². The Balaban J connectivity index is 2.22. The van der Waals surface area contributed by atoms with Crippen LogP contribution in [0.4, 0.5) is 0 Å². The van der Waals surface area contributed by atoms with Gasteiger partial charge in [0.05, 0.1) is 0 Å². The molecule has 0 bridgehead atoms. The average Bonchev–Trinajstić information content (AvgIpc) is 2.46. The summed E-state index contributed by atoms with van der Waals surface area (Å²) in [5.74, 6) is 0.818. The van der Waals surface area contributed by atoms with Crippen molar-refractivity contribution in [3.8, 4) is 5.75 Å². The van der Waals surface area contributed by atoms with E-state index in [4.69, 9.17) is 4.74 Å². The van der Waals surface area contributed by atoms with Gasteiger partial charge in [-0.2, -0.15) is 0 Å². The molecule has 0 aromatic heterocycles. The van der Waals surface area contributed by atoms with Crippen molar-refractivity contribution in [2.45, 2.75) is 11.4 Å². The van der Waals surface area contributed by atoms with E-state index >= 15 is 0 Å². The van der Waals surface area contributed by atoms with Gasteiger partial charge < -0.3 is 0 Å². The summed E-state index contributed by atoms with van der Waals surface area (Å²) in [6, 6.07) is 15.2. The van der Waals surface area contributed by atoms with E-state index in [1.807, 2.05) is 24.3 Å². The third-order valence-electron chi connectivity index (χ3n) is 3.00. The van der Waals surface area contributed by atoms with Crippen LogP contribution in [0.2, 0.25) is 11.4 Å². The second-order valence-electron chi connectivity index (χ2n) is 4.50. The zero-order valence-corrected chi connectivity index (χ0v) is 13.3. The Kier molecular flexibility index (Phi) is 4.44. The Bertz CT molecular complexity index is 556. The molecule has 2 aromatic rings. The van der Waals surface area contributed by atoms with Crippen LogP contribution in [0.15, 0.2) is 48.5 Å². The summed E-state index contributed by atoms with van der Waals surface area (Å²) in [5, 5.41) is 0. The number of ether oxygens (including phenoxy) is 1. The van der Waals surface area contributed by atoms with Gasteiger partial charge >= 0.3 is 118 Å². The minimum atomic E-state index is -0.857. The molecule has 0 amide bonds. The van der Waals surface area contributed by atoms with E-state index < -0.39 is 14.7 Å². The van der Waals surface area contributed by atoms with Gasteiger partial charge in [0.2, 0.25) is 0 Å². The Morgan fingerprint density at radius 3 is 1.79 bits per heavy atom. The van der Waals surface area contributed by atoms with E-state index in [1.54, 1.807) is 19.2 Å². The number of hydrogen-bond acceptors (Lipinski definition) is 2. The molecule has 0 fully saturated rings. The predicted octanol–water partition coefficient (Wildman–Crippen LogP) is 2.89. The first-order valence-electron chi connectivity index (χ1n) is 6.08. The van der Waals surface area contributed by atoms with Gasteiger partial charge in [-0.3, -0.25) is 0 Å². The molecular weight excluding hydrogens is 299 g/mol. The Morgan fingerprint density at radius 1 is 0.895 bits per heavy atom. The van der Waals surface area contributed by atoms with E-state index in [2.05, 4.69) is 23.6 Å². The number of carbonyl (C=O) groups excluding carboxylic acids is 1. The fourth-order valence-electron chi connectivity index (χ4n) is 1.82. The summed E-state index contributed by atoms with van der Waals surface area (Å²) < 4.78 is 6.48. The van der Waals surface area contributed by atoms with E-state index in [0.717, 1.165) is 11.3 Å². The predicted molar refractivity (Wildman–Crippen MR) is 80.0 cm³/mol. The molecule has 19 heavy (non-hydrogen) atoms. The van der Waals surface area contributed by atoms with E-state index in [0.29, 0.717) is 5.56 Å². The first-order chi connectivity index (χ1) is 9.11. The monoisotopic (exact) mass is 316 g/mol. The van der Waals surface area contributed by atoms with Crippen molar-refractivity contribution in [3.05, 3.63) is 59.7 Å². The van der Waals surface area contributed by atoms with Crippen LogP contribution < -0.4 is 9.09 Å². The molecule has 0 aliphatic rings. The van der Waals surface area contributed by atoms with Gasteiger partial charge in [0, 0.05) is 0 Å². The first kappa shape index (κ1) is 13.9. The SMILES string of the molecule is COc1ccc(C(=O)c2ccc([As](C)C)cc2)cc1. The Hall–Kier alpha value is -1.53. The van der Waals surface area contributed by atoms with Crippen molar-refractivity contribution in [2.24, 2.45) is 0 Å². The molecule has 0 aliphatic carbocycles. The maximum absolute atomic E-state index is 12.3. The average molecular weight is 316 g/mol. The first-order valence-corrected chi connectivity index (χ1v) is 10.8. The molecule has 0 N–H and O–H groups in total. The van der Waals surface area contributed by atoms with Crippen molar-refractivity contribution in [2.75, 3.05) is 7.11 Å². The Morgan fingerprint density at radius 2 is 1.37 bits per heavy atom. The van der Waals surface area contributed by atoms with Crippen LogP contribution in [0.3, 0.4) is 0 Å². The van der Waals surface area contributed by atoms with Crippen LogP contribution in [-0.4, -0.2) is 27.5 Å². The van der Waals surface area contributed by atoms with Crippen molar-refractivity contribution >= 4 is 24.8 Å². The maximum atomic E-state index is 12.3. The van der Waals surface area contributed by atoms with Crippen LogP contribution in [-0.2, 0) is 0 Å². The van der Waals surface area contributed by atoms with Crippen LogP contribution >= 0.6 is 0 Å². The third-order valence-corrected chi connectivity index (χ3v) is 5.79. The van der Waals surface area contributed by atoms with Gasteiger partial charge in [-0.05, 0) is 0 Å². The molecule has 0 heterocycles. The summed E-state index contributed by atoms with van der Waals surface area (Å²) in [6.07, 6.45) is 0. The van der Waals surface area contributed by atoms with Gasteiger partial charge in [-0.25, -0.2) is 0 Å². The molecule has 0 saturated carbocycles. The fraction of sp³-hybridized carbons (Fsp3) is 0.188. The number of benzene rings is 2. The molecular formula is C16H17AsO2. The summed E-state index contributed by atoms with van der Waals surface area (Å²) in [4.78, 5) is 12.3. The molecule has 0 aliphatic heterocycles. The van der Waals surface area contributed by atoms with Crippen LogP contribution in [0.5, 0.6) is 5.75 Å². The molecule has 0 radical (unpaired) electrons. The van der Waals surface area contributed by atoms with Gasteiger partial charge in [-0.1, -0.05) is 0 Å². The zero-order chi connectivity index (χ0) is 13.8. The standard InChI is InChI=1S/C16H17AsO2/c1-17(2)14-8-4-12(5-9-14)16(18)13-6-10-15(19-3)11-7-13/h4-11H,1-3H3. The number of carbonyl (C=O) groups is 1. The van der Waals surface area contributed by atoms with Crippen LogP contribution in [0.1, 0.15) is 15.9 Å². The number of methoxy groups -OCH3 is 1. The molecule has 2 nitrogen and oxygen atoms in total. The molecule has 3 heteroatoms. The Labute approximate surface area is 118 Å². The van der Waals surface area contributed by atoms with Gasteiger partial charge in [-0.15, -0.1) is 0 Å². The minimum absolute atomic E-state index is 0.0560. The molecule has 2 rings (SSSR count). The van der Waals surface area contributed by atoms with Gasteiger partial charge in [0.1, 0.15) is 0 Å². The van der Waals surface area contributed by atoms with Crippen molar-refractivity contribution in [1.29, 1.82) is 0 Å². The zero-order valence-electron chi connectivity index (χ0n) is 11.4. The van der Waals surface area contributed by atoms with E-state index in [1.165, 1.54) is 4.35 Å². The quantitative estimate of drug-likeness (QED) is 0.640. The van der Waals surface area contributed by atoms with Crippen LogP contribution in [0, 0.1) is 0 Å². The molecule has 0 spiro atoms. The normalized spacial score (nSPS) is 10.5. The summed E-state index contributed by atoms with van der Waals surface area (Å²) in [5.41, 5.74) is 6.00. The fourth-order valence-corrected chi connectivity index (χ4v) is 3.38.